The van der Waals surface area contributed by atoms with Crippen LogP contribution in [0.2, 0.25) is 0 Å². The Morgan fingerprint density at radius 3 is 2.67 bits per heavy atom. The maximum atomic E-state index is 12.9. The van der Waals surface area contributed by atoms with Crippen LogP contribution in [-0.2, 0) is 4.79 Å². The first-order valence-electron chi connectivity index (χ1n) is 11.3. The number of pyridine rings is 1. The summed E-state index contributed by atoms with van der Waals surface area (Å²) in [5.74, 6) is 0.674. The second kappa shape index (κ2) is 10.6. The number of nitrogens with one attached hydrogen (secondary N) is 1. The van der Waals surface area contributed by atoms with Crippen LogP contribution in [0, 0.1) is 11.8 Å². The molecule has 7 nitrogen and oxygen atoms in total. The summed E-state index contributed by atoms with van der Waals surface area (Å²) in [4.78, 5) is 30.8. The molecule has 1 aliphatic carbocycles. The molecule has 0 aromatic carbocycles. The summed E-state index contributed by atoms with van der Waals surface area (Å²) in [7, 11) is 0. The first kappa shape index (κ1) is 22.4. The number of hydrogen-bond acceptors (Lipinski definition) is 5. The van der Waals surface area contributed by atoms with E-state index < -0.39 is 5.97 Å². The largest absolute Gasteiger partial charge is 0.481 e. The van der Waals surface area contributed by atoms with Crippen molar-refractivity contribution in [1.82, 2.24) is 10.3 Å². The van der Waals surface area contributed by atoms with Crippen molar-refractivity contribution < 1.29 is 19.4 Å². The van der Waals surface area contributed by atoms with Crippen molar-refractivity contribution >= 4 is 17.7 Å². The SMILES string of the molecule is CC(C)COc1nc(N2CCC[C@@H](CC(=O)O)C2)ccc1C(=O)NC1CCCCC1. The maximum Gasteiger partial charge on any atom is 0.303 e. The van der Waals surface area contributed by atoms with E-state index in [9.17, 15) is 9.59 Å². The Labute approximate surface area is 179 Å². The van der Waals surface area contributed by atoms with Gasteiger partial charge in [-0.15, -0.1) is 0 Å². The summed E-state index contributed by atoms with van der Waals surface area (Å²) in [6.07, 6.45) is 7.64. The second-order valence-corrected chi connectivity index (χ2v) is 9.09. The minimum Gasteiger partial charge on any atom is -0.481 e. The lowest BCUT2D eigenvalue weighted by atomic mass is 9.95. The van der Waals surface area contributed by atoms with E-state index in [0.717, 1.165) is 50.9 Å². The highest BCUT2D eigenvalue weighted by Gasteiger charge is 2.25. The third-order valence-corrected chi connectivity index (χ3v) is 5.89. The van der Waals surface area contributed by atoms with Gasteiger partial charge in [-0.3, -0.25) is 9.59 Å². The molecule has 0 unspecified atom stereocenters. The fourth-order valence-corrected chi connectivity index (χ4v) is 4.33. The van der Waals surface area contributed by atoms with Crippen LogP contribution in [0.15, 0.2) is 12.1 Å². The molecular weight excluding hydrogens is 382 g/mol. The van der Waals surface area contributed by atoms with Crippen LogP contribution in [0.4, 0.5) is 5.82 Å². The summed E-state index contributed by atoms with van der Waals surface area (Å²) in [6, 6.07) is 3.89. The van der Waals surface area contributed by atoms with Gasteiger partial charge in [0.2, 0.25) is 5.88 Å². The lowest BCUT2D eigenvalue weighted by Crippen LogP contribution is -2.38. The number of aliphatic carboxylic acids is 1. The Bertz CT molecular complexity index is 731. The van der Waals surface area contributed by atoms with E-state index in [0.29, 0.717) is 30.5 Å². The molecule has 1 aliphatic heterocycles. The highest BCUT2D eigenvalue weighted by atomic mass is 16.5. The number of rotatable bonds is 8. The van der Waals surface area contributed by atoms with Gasteiger partial charge in [-0.05, 0) is 49.7 Å². The number of nitrogens with zero attached hydrogens (tertiary/aromatic N) is 2. The van der Waals surface area contributed by atoms with Crippen molar-refractivity contribution in [2.75, 3.05) is 24.6 Å². The normalized spacial score (nSPS) is 20.2. The summed E-state index contributed by atoms with van der Waals surface area (Å²) < 4.78 is 5.94. The molecule has 166 valence electrons. The molecule has 1 saturated carbocycles. The number of carbonyl (C=O) groups excluding carboxylic acids is 1. The Balaban J connectivity index is 1.76. The van der Waals surface area contributed by atoms with Gasteiger partial charge in [0.25, 0.3) is 5.91 Å². The lowest BCUT2D eigenvalue weighted by Gasteiger charge is -2.33. The number of ether oxygens (including phenoxy) is 1. The summed E-state index contributed by atoms with van der Waals surface area (Å²) >= 11 is 0. The maximum absolute atomic E-state index is 12.9. The number of carboxylic acid groups (broad SMARTS) is 1. The Hall–Kier alpha value is -2.31. The zero-order valence-corrected chi connectivity index (χ0v) is 18.2. The van der Waals surface area contributed by atoms with Gasteiger partial charge < -0.3 is 20.1 Å². The predicted octanol–water partition coefficient (Wildman–Crippen LogP) is 3.87. The number of aromatic nitrogens is 1. The fraction of sp³-hybridized carbons (Fsp3) is 0.696. The lowest BCUT2D eigenvalue weighted by molar-refractivity contribution is -0.138. The molecule has 1 amide bonds. The molecule has 3 rings (SSSR count). The average molecular weight is 418 g/mol. The van der Waals surface area contributed by atoms with E-state index in [2.05, 4.69) is 24.1 Å². The highest BCUT2D eigenvalue weighted by molar-refractivity contribution is 5.96. The summed E-state index contributed by atoms with van der Waals surface area (Å²) in [6.45, 7) is 6.11. The van der Waals surface area contributed by atoms with Gasteiger partial charge in [0.15, 0.2) is 0 Å². The fourth-order valence-electron chi connectivity index (χ4n) is 4.33. The van der Waals surface area contributed by atoms with Crippen molar-refractivity contribution in [3.8, 4) is 5.88 Å². The molecule has 0 spiro atoms. The van der Waals surface area contributed by atoms with Crippen LogP contribution in [0.25, 0.3) is 0 Å². The number of anilines is 1. The number of carboxylic acids is 1. The average Bonchev–Trinajstić information content (AvgIpc) is 2.72. The second-order valence-electron chi connectivity index (χ2n) is 9.09. The number of carbonyl (C=O) groups is 2. The minimum atomic E-state index is -0.759. The summed E-state index contributed by atoms with van der Waals surface area (Å²) in [5.41, 5.74) is 0.476. The zero-order valence-electron chi connectivity index (χ0n) is 18.2. The van der Waals surface area contributed by atoms with Crippen LogP contribution >= 0.6 is 0 Å². The predicted molar refractivity (Wildman–Crippen MR) is 116 cm³/mol. The van der Waals surface area contributed by atoms with E-state index >= 15 is 0 Å². The molecule has 2 aliphatic rings. The van der Waals surface area contributed by atoms with Crippen molar-refractivity contribution in [1.29, 1.82) is 0 Å². The van der Waals surface area contributed by atoms with Crippen molar-refractivity contribution in [3.05, 3.63) is 17.7 Å². The number of piperidine rings is 1. The third kappa shape index (κ3) is 6.34. The molecule has 1 aromatic heterocycles. The van der Waals surface area contributed by atoms with Crippen molar-refractivity contribution in [2.45, 2.75) is 71.3 Å². The van der Waals surface area contributed by atoms with Gasteiger partial charge in [0, 0.05) is 25.6 Å². The Morgan fingerprint density at radius 1 is 1.20 bits per heavy atom. The number of hydrogen-bond donors (Lipinski definition) is 2. The third-order valence-electron chi connectivity index (χ3n) is 5.89. The van der Waals surface area contributed by atoms with E-state index in [1.54, 1.807) is 6.07 Å². The highest BCUT2D eigenvalue weighted by Crippen LogP contribution is 2.28. The summed E-state index contributed by atoms with van der Waals surface area (Å²) in [5, 5.41) is 12.3. The van der Waals surface area contributed by atoms with Gasteiger partial charge >= 0.3 is 5.97 Å². The standard InChI is InChI=1S/C23H35N3O4/c1-16(2)15-30-23-19(22(29)24-18-8-4-3-5-9-18)10-11-20(25-23)26-12-6-7-17(14-26)13-21(27)28/h10-11,16-18H,3-9,12-15H2,1-2H3,(H,24,29)(H,27,28)/t17-/m0/s1. The van der Waals surface area contributed by atoms with Crippen molar-refractivity contribution in [2.24, 2.45) is 11.8 Å². The first-order chi connectivity index (χ1) is 14.4. The minimum absolute atomic E-state index is 0.118. The number of amides is 1. The molecule has 1 saturated heterocycles. The molecule has 2 N–H and O–H groups in total. The first-order valence-corrected chi connectivity index (χ1v) is 11.3. The molecule has 0 radical (unpaired) electrons. The topological polar surface area (TPSA) is 91.8 Å². The Morgan fingerprint density at radius 2 is 1.97 bits per heavy atom. The van der Waals surface area contributed by atoms with E-state index in [1.807, 2.05) is 6.07 Å². The molecule has 30 heavy (non-hydrogen) atoms. The van der Waals surface area contributed by atoms with Gasteiger partial charge in [0.1, 0.15) is 11.4 Å². The molecule has 0 bridgehead atoms. The van der Waals surface area contributed by atoms with Gasteiger partial charge in [0.05, 0.1) is 6.61 Å². The van der Waals surface area contributed by atoms with Crippen LogP contribution in [0.3, 0.4) is 0 Å². The molecule has 2 heterocycles. The van der Waals surface area contributed by atoms with E-state index in [-0.39, 0.29) is 24.3 Å². The van der Waals surface area contributed by atoms with Crippen LogP contribution in [-0.4, -0.2) is 47.7 Å². The van der Waals surface area contributed by atoms with Gasteiger partial charge in [-0.25, -0.2) is 0 Å². The van der Waals surface area contributed by atoms with E-state index in [1.165, 1.54) is 6.42 Å². The zero-order chi connectivity index (χ0) is 21.5. The van der Waals surface area contributed by atoms with E-state index in [4.69, 9.17) is 14.8 Å². The van der Waals surface area contributed by atoms with Crippen LogP contribution in [0.5, 0.6) is 5.88 Å². The molecule has 1 atom stereocenters. The quantitative estimate of drug-likeness (QED) is 0.667. The molecule has 2 fully saturated rings. The van der Waals surface area contributed by atoms with Gasteiger partial charge in [-0.1, -0.05) is 33.1 Å². The van der Waals surface area contributed by atoms with Crippen LogP contribution in [0.1, 0.15) is 75.6 Å². The smallest absolute Gasteiger partial charge is 0.303 e. The van der Waals surface area contributed by atoms with Crippen molar-refractivity contribution in [3.63, 3.8) is 0 Å². The van der Waals surface area contributed by atoms with Crippen LogP contribution < -0.4 is 15.0 Å². The Kier molecular flexibility index (Phi) is 7.94. The molecular formula is C23H35N3O4. The molecule has 1 aromatic rings. The molecule has 7 heteroatoms. The monoisotopic (exact) mass is 417 g/mol. The van der Waals surface area contributed by atoms with Gasteiger partial charge in [-0.2, -0.15) is 4.98 Å².